The highest BCUT2D eigenvalue weighted by molar-refractivity contribution is 7.97. The Bertz CT molecular complexity index is 1080. The number of halogens is 2. The fraction of sp³-hybridized carbons (Fsp3) is 0.500. The van der Waals surface area contributed by atoms with E-state index in [9.17, 15) is 8.78 Å². The van der Waals surface area contributed by atoms with Crippen LogP contribution in [0.4, 0.5) is 20.5 Å². The summed E-state index contributed by atoms with van der Waals surface area (Å²) >= 11 is 1.83. The lowest BCUT2D eigenvalue weighted by Crippen LogP contribution is -2.37. The van der Waals surface area contributed by atoms with Gasteiger partial charge in [0.05, 0.1) is 24.2 Å². The van der Waals surface area contributed by atoms with Crippen molar-refractivity contribution < 1.29 is 13.5 Å². The number of anilines is 2. The average Bonchev–Trinajstić information content (AvgIpc) is 3.50. The number of hydrogen-bond acceptors (Lipinski definition) is 8. The zero-order valence-electron chi connectivity index (χ0n) is 18.3. The Labute approximate surface area is 195 Å². The minimum Gasteiger partial charge on any atom is -0.378 e. The predicted molar refractivity (Wildman–Crippen MR) is 126 cm³/mol. The highest BCUT2D eigenvalue weighted by atomic mass is 32.2. The number of ether oxygens (including phenoxy) is 1. The van der Waals surface area contributed by atoms with Crippen LogP contribution in [0.1, 0.15) is 25.1 Å². The SMILES string of the molecule is FC(F)c1nc2ccccc2n1-c1cc(NCCSN2CCCC2)nc(N2CCOCC2)n1. The number of alkyl halides is 2. The molecule has 4 heterocycles. The second kappa shape index (κ2) is 10.2. The number of imidazole rings is 1. The topological polar surface area (TPSA) is 71.3 Å². The molecular formula is C22H27F2N7OS. The van der Waals surface area contributed by atoms with E-state index in [1.54, 1.807) is 24.3 Å². The Morgan fingerprint density at radius 3 is 2.61 bits per heavy atom. The maximum atomic E-state index is 13.9. The lowest BCUT2D eigenvalue weighted by atomic mass is 10.3. The van der Waals surface area contributed by atoms with E-state index in [0.717, 1.165) is 18.8 Å². The molecule has 0 atom stereocenters. The number of nitrogens with zero attached hydrogens (tertiary/aromatic N) is 6. The average molecular weight is 476 g/mol. The molecule has 2 aromatic heterocycles. The van der Waals surface area contributed by atoms with E-state index in [1.807, 2.05) is 22.9 Å². The van der Waals surface area contributed by atoms with Crippen LogP contribution in [0, 0.1) is 0 Å². The van der Waals surface area contributed by atoms with Gasteiger partial charge >= 0.3 is 0 Å². The number of fused-ring (bicyclic) bond motifs is 1. The lowest BCUT2D eigenvalue weighted by molar-refractivity contribution is 0.122. The molecule has 1 aromatic carbocycles. The summed E-state index contributed by atoms with van der Waals surface area (Å²) in [5, 5.41) is 3.37. The Balaban J connectivity index is 1.46. The molecular weight excluding hydrogens is 448 g/mol. The predicted octanol–water partition coefficient (Wildman–Crippen LogP) is 3.75. The van der Waals surface area contributed by atoms with Crippen LogP contribution in [-0.2, 0) is 4.74 Å². The maximum absolute atomic E-state index is 13.9. The van der Waals surface area contributed by atoms with E-state index >= 15 is 0 Å². The number of hydrogen-bond donors (Lipinski definition) is 1. The van der Waals surface area contributed by atoms with Gasteiger partial charge < -0.3 is 15.0 Å². The van der Waals surface area contributed by atoms with Crippen LogP contribution >= 0.6 is 11.9 Å². The van der Waals surface area contributed by atoms with Crippen molar-refractivity contribution in [2.45, 2.75) is 19.3 Å². The van der Waals surface area contributed by atoms with Gasteiger partial charge in [-0.2, -0.15) is 9.97 Å². The van der Waals surface area contributed by atoms with Gasteiger partial charge in [0, 0.05) is 44.5 Å². The highest BCUT2D eigenvalue weighted by Gasteiger charge is 2.23. The van der Waals surface area contributed by atoms with Crippen molar-refractivity contribution in [3.63, 3.8) is 0 Å². The summed E-state index contributed by atoms with van der Waals surface area (Å²) in [5.41, 5.74) is 1.10. The van der Waals surface area contributed by atoms with Gasteiger partial charge in [-0.25, -0.2) is 13.8 Å². The van der Waals surface area contributed by atoms with E-state index in [2.05, 4.69) is 19.6 Å². The third-order valence-electron chi connectivity index (χ3n) is 5.75. The second-order valence-corrected chi connectivity index (χ2v) is 9.18. The molecule has 0 unspecified atom stereocenters. The summed E-state index contributed by atoms with van der Waals surface area (Å²) in [6, 6.07) is 8.85. The minimum absolute atomic E-state index is 0.321. The zero-order chi connectivity index (χ0) is 22.6. The van der Waals surface area contributed by atoms with E-state index < -0.39 is 6.43 Å². The molecule has 1 N–H and O–H groups in total. The fourth-order valence-corrected chi connectivity index (χ4v) is 5.10. The molecule has 2 aliphatic rings. The second-order valence-electron chi connectivity index (χ2n) is 8.00. The lowest BCUT2D eigenvalue weighted by Gasteiger charge is -2.27. The molecule has 2 fully saturated rings. The van der Waals surface area contributed by atoms with Crippen LogP contribution in [0.25, 0.3) is 16.9 Å². The standard InChI is InChI=1S/C22H27F2N7OS/c23-20(24)21-26-16-5-1-2-6-17(16)31(21)19-15-18(25-7-14-33-30-8-3-4-9-30)27-22(28-19)29-10-12-32-13-11-29/h1-2,5-6,15,20H,3-4,7-14H2,(H,25,27,28). The molecule has 0 bridgehead atoms. The number of nitrogens with one attached hydrogen (secondary N) is 1. The molecule has 11 heteroatoms. The first kappa shape index (κ1) is 22.3. The first-order chi connectivity index (χ1) is 16.2. The molecule has 0 radical (unpaired) electrons. The molecule has 2 aliphatic heterocycles. The monoisotopic (exact) mass is 475 g/mol. The third-order valence-corrected chi connectivity index (χ3v) is 6.87. The molecule has 0 spiro atoms. The third kappa shape index (κ3) is 5.04. The Morgan fingerprint density at radius 1 is 1.03 bits per heavy atom. The van der Waals surface area contributed by atoms with Crippen molar-refractivity contribution in [3.05, 3.63) is 36.2 Å². The van der Waals surface area contributed by atoms with Crippen molar-refractivity contribution in [1.29, 1.82) is 0 Å². The van der Waals surface area contributed by atoms with Gasteiger partial charge in [-0.15, -0.1) is 0 Å². The minimum atomic E-state index is -2.73. The molecule has 0 amide bonds. The number of aromatic nitrogens is 4. The Kier molecular flexibility index (Phi) is 6.88. The van der Waals surface area contributed by atoms with Gasteiger partial charge in [0.25, 0.3) is 6.43 Å². The van der Waals surface area contributed by atoms with Gasteiger partial charge in [-0.3, -0.25) is 8.87 Å². The highest BCUT2D eigenvalue weighted by Crippen LogP contribution is 2.29. The van der Waals surface area contributed by atoms with Gasteiger partial charge in [-0.05, 0) is 25.0 Å². The Morgan fingerprint density at radius 2 is 1.82 bits per heavy atom. The largest absolute Gasteiger partial charge is 0.378 e. The molecule has 8 nitrogen and oxygen atoms in total. The van der Waals surface area contributed by atoms with E-state index in [4.69, 9.17) is 9.72 Å². The normalized spacial score (nSPS) is 17.4. The number of benzene rings is 1. The zero-order valence-corrected chi connectivity index (χ0v) is 19.1. The van der Waals surface area contributed by atoms with E-state index in [1.165, 1.54) is 17.4 Å². The number of morpholine rings is 1. The van der Waals surface area contributed by atoms with Gasteiger partial charge in [0.1, 0.15) is 11.6 Å². The molecule has 0 aliphatic carbocycles. The fourth-order valence-electron chi connectivity index (χ4n) is 4.13. The maximum Gasteiger partial charge on any atom is 0.296 e. The Hall–Kier alpha value is -2.50. The summed E-state index contributed by atoms with van der Waals surface area (Å²) in [6.07, 6.45) is -0.221. The molecule has 3 aromatic rings. The summed E-state index contributed by atoms with van der Waals surface area (Å²) in [5.74, 6) is 2.08. The molecule has 5 rings (SSSR count). The molecule has 176 valence electrons. The van der Waals surface area contributed by atoms with Gasteiger partial charge in [-0.1, -0.05) is 24.1 Å². The van der Waals surface area contributed by atoms with Crippen LogP contribution in [0.15, 0.2) is 30.3 Å². The van der Waals surface area contributed by atoms with Crippen molar-refractivity contribution in [2.75, 3.05) is 61.9 Å². The first-order valence-electron chi connectivity index (χ1n) is 11.3. The van der Waals surface area contributed by atoms with Crippen molar-refractivity contribution in [3.8, 4) is 5.82 Å². The number of rotatable bonds is 8. The van der Waals surface area contributed by atoms with Crippen LogP contribution in [0.3, 0.4) is 0 Å². The van der Waals surface area contributed by atoms with Gasteiger partial charge in [0.2, 0.25) is 5.95 Å². The summed E-state index contributed by atoms with van der Waals surface area (Å²) < 4.78 is 37.1. The molecule has 33 heavy (non-hydrogen) atoms. The van der Waals surface area contributed by atoms with Crippen molar-refractivity contribution in [1.82, 2.24) is 23.8 Å². The summed E-state index contributed by atoms with van der Waals surface area (Å²) in [7, 11) is 0. The first-order valence-corrected chi connectivity index (χ1v) is 12.2. The molecule has 2 saturated heterocycles. The quantitative estimate of drug-likeness (QED) is 0.390. The van der Waals surface area contributed by atoms with Gasteiger partial charge in [0.15, 0.2) is 5.82 Å². The van der Waals surface area contributed by atoms with E-state index in [0.29, 0.717) is 61.5 Å². The van der Waals surface area contributed by atoms with Crippen LogP contribution in [-0.4, -0.2) is 75.5 Å². The van der Waals surface area contributed by atoms with E-state index in [-0.39, 0.29) is 5.82 Å². The summed E-state index contributed by atoms with van der Waals surface area (Å²) in [4.78, 5) is 15.6. The van der Waals surface area contributed by atoms with Crippen LogP contribution < -0.4 is 10.2 Å². The summed E-state index contributed by atoms with van der Waals surface area (Å²) in [6.45, 7) is 5.45. The van der Waals surface area contributed by atoms with Crippen molar-refractivity contribution in [2.24, 2.45) is 0 Å². The van der Waals surface area contributed by atoms with Crippen LogP contribution in [0.2, 0.25) is 0 Å². The number of para-hydroxylation sites is 2. The van der Waals surface area contributed by atoms with Crippen LogP contribution in [0.5, 0.6) is 0 Å². The molecule has 0 saturated carbocycles. The smallest absolute Gasteiger partial charge is 0.296 e. The van der Waals surface area contributed by atoms with Crippen molar-refractivity contribution >= 4 is 34.7 Å².